The molecule has 2 amide bonds. The summed E-state index contributed by atoms with van der Waals surface area (Å²) in [6.45, 7) is 2.58. The first kappa shape index (κ1) is 20.4. The van der Waals surface area contributed by atoms with Gasteiger partial charge in [-0.1, -0.05) is 6.92 Å². The molecule has 26 heavy (non-hydrogen) atoms. The van der Waals surface area contributed by atoms with Crippen LogP contribution < -0.4 is 10.2 Å². The summed E-state index contributed by atoms with van der Waals surface area (Å²) in [5.41, 5.74) is 1.51. The number of carbonyl (C=O) groups excluding carboxylic acids is 3. The predicted molar refractivity (Wildman–Crippen MR) is 101 cm³/mol. The Hall–Kier alpha value is -1.93. The van der Waals surface area contributed by atoms with E-state index < -0.39 is 5.97 Å². The maximum Gasteiger partial charge on any atom is 0.341 e. The zero-order valence-corrected chi connectivity index (χ0v) is 16.9. The minimum Gasteiger partial charge on any atom is -0.465 e. The fourth-order valence-electron chi connectivity index (χ4n) is 3.08. The second-order valence-electron chi connectivity index (χ2n) is 7.19. The van der Waals surface area contributed by atoms with Crippen LogP contribution in [0.1, 0.15) is 34.1 Å². The molecule has 2 atom stereocenters. The predicted octanol–water partition coefficient (Wildman–Crippen LogP) is 0.201. The molecule has 0 saturated carbocycles. The number of hydrogen-bond acceptors (Lipinski definition) is 5. The molecule has 8 heteroatoms. The molecule has 2 rings (SSSR count). The number of esters is 1. The quantitative estimate of drug-likeness (QED) is 0.689. The maximum atomic E-state index is 12.4. The number of amides is 2. The van der Waals surface area contributed by atoms with Gasteiger partial charge in [0, 0.05) is 19.0 Å². The number of rotatable bonds is 6. The topological polar surface area (TPSA) is 80.1 Å². The summed E-state index contributed by atoms with van der Waals surface area (Å²) >= 11 is 1.47. The van der Waals surface area contributed by atoms with Crippen LogP contribution in [0.5, 0.6) is 0 Å². The number of methoxy groups -OCH3 is 1. The zero-order chi connectivity index (χ0) is 19.4. The van der Waals surface area contributed by atoms with Gasteiger partial charge in [-0.3, -0.25) is 9.59 Å². The molecule has 0 spiro atoms. The van der Waals surface area contributed by atoms with Gasteiger partial charge in [0.15, 0.2) is 13.1 Å². The van der Waals surface area contributed by atoms with Crippen LogP contribution in [-0.2, 0) is 27.2 Å². The SMILES string of the molecule is COC(=O)c1c(NC(=O)C[NH+](C)CC(=O)N(C)C)sc2c1CC[C@@H](C)C2. The number of anilines is 1. The fraction of sp³-hybridized carbons (Fsp3) is 0.611. The van der Waals surface area contributed by atoms with Gasteiger partial charge in [0.2, 0.25) is 0 Å². The number of hydrogen-bond donors (Lipinski definition) is 2. The van der Waals surface area contributed by atoms with E-state index in [1.54, 1.807) is 21.1 Å². The molecule has 0 bridgehead atoms. The summed E-state index contributed by atoms with van der Waals surface area (Å²) in [7, 11) is 6.53. The molecule has 7 nitrogen and oxygen atoms in total. The molecule has 1 unspecified atom stereocenters. The van der Waals surface area contributed by atoms with Crippen LogP contribution in [0, 0.1) is 5.92 Å². The number of nitrogens with zero attached hydrogens (tertiary/aromatic N) is 1. The van der Waals surface area contributed by atoms with Gasteiger partial charge in [-0.15, -0.1) is 11.3 Å². The minimum atomic E-state index is -0.407. The van der Waals surface area contributed by atoms with Gasteiger partial charge >= 0.3 is 5.97 Å². The van der Waals surface area contributed by atoms with Crippen molar-refractivity contribution in [1.29, 1.82) is 0 Å². The normalized spacial score (nSPS) is 17.2. The van der Waals surface area contributed by atoms with E-state index in [-0.39, 0.29) is 24.9 Å². The highest BCUT2D eigenvalue weighted by atomic mass is 32.1. The Morgan fingerprint density at radius 1 is 1.31 bits per heavy atom. The molecule has 1 aromatic heterocycles. The fourth-order valence-corrected chi connectivity index (χ4v) is 4.50. The van der Waals surface area contributed by atoms with E-state index in [1.165, 1.54) is 23.3 Å². The Labute approximate surface area is 158 Å². The van der Waals surface area contributed by atoms with Crippen LogP contribution in [0.25, 0.3) is 0 Å². The highest BCUT2D eigenvalue weighted by Gasteiger charge is 2.29. The monoisotopic (exact) mass is 382 g/mol. The van der Waals surface area contributed by atoms with E-state index in [1.807, 2.05) is 0 Å². The number of likely N-dealkylation sites (N-methyl/N-ethyl adjacent to an activating group) is 2. The molecule has 0 radical (unpaired) electrons. The van der Waals surface area contributed by atoms with Crippen LogP contribution in [0.3, 0.4) is 0 Å². The average Bonchev–Trinajstić information content (AvgIpc) is 2.90. The molecule has 1 aliphatic carbocycles. The molecule has 0 aromatic carbocycles. The number of fused-ring (bicyclic) bond motifs is 1. The van der Waals surface area contributed by atoms with Gasteiger partial charge in [-0.25, -0.2) is 4.79 Å². The van der Waals surface area contributed by atoms with Crippen molar-refractivity contribution in [2.75, 3.05) is 46.7 Å². The highest BCUT2D eigenvalue weighted by molar-refractivity contribution is 7.17. The highest BCUT2D eigenvalue weighted by Crippen LogP contribution is 2.39. The van der Waals surface area contributed by atoms with Crippen molar-refractivity contribution >= 4 is 34.1 Å². The van der Waals surface area contributed by atoms with E-state index in [0.717, 1.165) is 34.6 Å². The second kappa shape index (κ2) is 8.64. The number of ether oxygens (including phenoxy) is 1. The lowest BCUT2D eigenvalue weighted by molar-refractivity contribution is -0.862. The number of thiophene rings is 1. The van der Waals surface area contributed by atoms with E-state index >= 15 is 0 Å². The summed E-state index contributed by atoms with van der Waals surface area (Å²) in [5, 5.41) is 3.43. The third-order valence-corrected chi connectivity index (χ3v) is 5.74. The van der Waals surface area contributed by atoms with E-state index in [9.17, 15) is 14.4 Å². The minimum absolute atomic E-state index is 0.0360. The Bertz CT molecular complexity index is 699. The van der Waals surface area contributed by atoms with Gasteiger partial charge in [0.05, 0.1) is 19.7 Å². The van der Waals surface area contributed by atoms with Gasteiger partial charge in [0.25, 0.3) is 11.8 Å². The van der Waals surface area contributed by atoms with Gasteiger partial charge in [-0.05, 0) is 30.7 Å². The molecule has 144 valence electrons. The number of quaternary nitrogens is 1. The van der Waals surface area contributed by atoms with Crippen LogP contribution in [0.15, 0.2) is 0 Å². The van der Waals surface area contributed by atoms with Crippen molar-refractivity contribution in [3.63, 3.8) is 0 Å². The zero-order valence-electron chi connectivity index (χ0n) is 16.1. The third-order valence-electron chi connectivity index (χ3n) is 4.57. The van der Waals surface area contributed by atoms with Crippen LogP contribution in [0.4, 0.5) is 5.00 Å². The molecule has 0 saturated heterocycles. The smallest absolute Gasteiger partial charge is 0.341 e. The lowest BCUT2D eigenvalue weighted by atomic mass is 9.88. The molecule has 0 aliphatic heterocycles. The first-order valence-corrected chi connectivity index (χ1v) is 9.58. The summed E-state index contributed by atoms with van der Waals surface area (Å²) in [6, 6.07) is 0. The number of nitrogens with one attached hydrogen (secondary N) is 2. The molecule has 0 fully saturated rings. The Morgan fingerprint density at radius 3 is 2.62 bits per heavy atom. The van der Waals surface area contributed by atoms with Gasteiger partial charge in [0.1, 0.15) is 5.00 Å². The van der Waals surface area contributed by atoms with Crippen LogP contribution >= 0.6 is 11.3 Å². The van der Waals surface area contributed by atoms with Gasteiger partial charge < -0.3 is 19.9 Å². The van der Waals surface area contributed by atoms with Crippen molar-refractivity contribution in [3.8, 4) is 0 Å². The van der Waals surface area contributed by atoms with Crippen LogP contribution in [-0.4, -0.2) is 64.0 Å². The molecular formula is C18H28N3O4S+. The first-order valence-electron chi connectivity index (χ1n) is 8.77. The van der Waals surface area contributed by atoms with Crippen molar-refractivity contribution in [1.82, 2.24) is 4.90 Å². The number of carbonyl (C=O) groups is 3. The molecule has 1 heterocycles. The summed E-state index contributed by atoms with van der Waals surface area (Å²) in [5.74, 6) is -0.0874. The van der Waals surface area contributed by atoms with Crippen molar-refractivity contribution < 1.29 is 24.0 Å². The summed E-state index contributed by atoms with van der Waals surface area (Å²) in [6.07, 6.45) is 2.78. The van der Waals surface area contributed by atoms with E-state index in [4.69, 9.17) is 4.74 Å². The largest absolute Gasteiger partial charge is 0.465 e. The Kier molecular flexibility index (Phi) is 6.77. The maximum absolute atomic E-state index is 12.4. The Balaban J connectivity index is 2.12. The van der Waals surface area contributed by atoms with E-state index in [0.29, 0.717) is 16.5 Å². The lowest BCUT2D eigenvalue weighted by Crippen LogP contribution is -3.11. The van der Waals surface area contributed by atoms with E-state index in [2.05, 4.69) is 12.2 Å². The van der Waals surface area contributed by atoms with Crippen molar-refractivity contribution in [2.24, 2.45) is 5.92 Å². The third kappa shape index (κ3) is 4.82. The average molecular weight is 383 g/mol. The summed E-state index contributed by atoms with van der Waals surface area (Å²) < 4.78 is 4.93. The molecule has 1 aliphatic rings. The standard InChI is InChI=1S/C18H27N3O4S/c1-11-6-7-12-13(8-11)26-17(16(12)18(24)25-5)19-14(22)9-21(4)10-15(23)20(2)3/h11H,6-10H2,1-5H3,(H,19,22)/p+1/t11-/m1/s1. The molecular weight excluding hydrogens is 354 g/mol. The van der Waals surface area contributed by atoms with Gasteiger partial charge in [-0.2, -0.15) is 0 Å². The molecule has 2 N–H and O–H groups in total. The first-order chi connectivity index (χ1) is 12.2. The summed E-state index contributed by atoms with van der Waals surface area (Å²) in [4.78, 5) is 39.9. The van der Waals surface area contributed by atoms with Crippen LogP contribution in [0.2, 0.25) is 0 Å². The van der Waals surface area contributed by atoms with Crippen molar-refractivity contribution in [2.45, 2.75) is 26.2 Å². The van der Waals surface area contributed by atoms with Crippen molar-refractivity contribution in [3.05, 3.63) is 16.0 Å². The second-order valence-corrected chi connectivity index (χ2v) is 8.30. The molecule has 1 aromatic rings. The lowest BCUT2D eigenvalue weighted by Gasteiger charge is -2.18. The Morgan fingerprint density at radius 2 is 2.00 bits per heavy atom.